The monoisotopic (exact) mass is 308 g/mol. The number of hydrogen-bond acceptors (Lipinski definition) is 4. The molecule has 1 heterocycles. The number of rotatable bonds is 5. The van der Waals surface area contributed by atoms with E-state index < -0.39 is 4.93 Å². The maximum absolute atomic E-state index is 6.04. The van der Waals surface area contributed by atoms with Gasteiger partial charge in [-0.15, -0.1) is 11.8 Å². The number of ether oxygens (including phenoxy) is 1. The van der Waals surface area contributed by atoms with Gasteiger partial charge in [0.2, 0.25) is 5.88 Å². The Kier molecular flexibility index (Phi) is 5.44. The predicted molar refractivity (Wildman–Crippen MR) is 80.7 cm³/mol. The molecule has 0 aliphatic carbocycles. The zero-order valence-electron chi connectivity index (χ0n) is 11.0. The molecular weight excluding hydrogens is 291 g/mol. The van der Waals surface area contributed by atoms with Gasteiger partial charge >= 0.3 is 0 Å². The molecule has 1 rings (SSSR count). The molecule has 0 radical (unpaired) electrons. The van der Waals surface area contributed by atoms with Gasteiger partial charge in [-0.1, -0.05) is 37.0 Å². The molecule has 0 amide bonds. The van der Waals surface area contributed by atoms with Crippen LogP contribution in [0, 0.1) is 0 Å². The first-order valence-electron chi connectivity index (χ1n) is 5.73. The Morgan fingerprint density at radius 1 is 1.44 bits per heavy atom. The molecule has 6 heteroatoms. The minimum absolute atomic E-state index is 0.223. The normalized spacial score (nSPS) is 13.4. The average Bonchev–Trinajstić information content (AvgIpc) is 2.24. The molecule has 0 fully saturated rings. The fraction of sp³-hybridized carbons (Fsp3) is 0.583. The molecule has 1 aromatic heterocycles. The molecule has 0 aliphatic rings. The minimum atomic E-state index is -0.424. The highest BCUT2D eigenvalue weighted by Gasteiger charge is 2.25. The average molecular weight is 309 g/mol. The highest BCUT2D eigenvalue weighted by atomic mass is 35.5. The second kappa shape index (κ2) is 6.22. The molecule has 0 bridgehead atoms. The molecule has 3 nitrogen and oxygen atoms in total. The Morgan fingerprint density at radius 2 is 2.06 bits per heavy atom. The zero-order chi connectivity index (χ0) is 13.9. The van der Waals surface area contributed by atoms with Crippen molar-refractivity contribution in [1.82, 2.24) is 4.98 Å². The van der Waals surface area contributed by atoms with Gasteiger partial charge in [-0.2, -0.15) is 4.98 Å². The molecular formula is C12H18Cl2N2OS. The lowest BCUT2D eigenvalue weighted by Crippen LogP contribution is -2.27. The van der Waals surface area contributed by atoms with E-state index in [1.807, 2.05) is 13.8 Å². The van der Waals surface area contributed by atoms with Crippen molar-refractivity contribution in [2.24, 2.45) is 0 Å². The van der Waals surface area contributed by atoms with Crippen LogP contribution in [0.1, 0.15) is 34.1 Å². The molecule has 0 aliphatic heterocycles. The lowest BCUT2D eigenvalue weighted by atomic mass is 10.4. The van der Waals surface area contributed by atoms with Crippen molar-refractivity contribution >= 4 is 40.8 Å². The van der Waals surface area contributed by atoms with Crippen molar-refractivity contribution in [3.63, 3.8) is 0 Å². The number of anilines is 1. The van der Waals surface area contributed by atoms with Crippen LogP contribution < -0.4 is 10.5 Å². The molecule has 1 aromatic rings. The number of halogens is 2. The molecule has 18 heavy (non-hydrogen) atoms. The van der Waals surface area contributed by atoms with Crippen LogP contribution in [0.4, 0.5) is 5.82 Å². The molecule has 0 aromatic carbocycles. The van der Waals surface area contributed by atoms with Crippen LogP contribution in [-0.4, -0.2) is 15.2 Å². The van der Waals surface area contributed by atoms with E-state index in [0.29, 0.717) is 21.2 Å². The van der Waals surface area contributed by atoms with E-state index in [1.54, 1.807) is 17.8 Å². The van der Waals surface area contributed by atoms with Gasteiger partial charge in [-0.05, 0) is 26.3 Å². The number of thioether (sulfide) groups is 1. The molecule has 2 N–H and O–H groups in total. The van der Waals surface area contributed by atoms with Gasteiger partial charge in [0.1, 0.15) is 10.8 Å². The van der Waals surface area contributed by atoms with Crippen molar-refractivity contribution in [3.8, 4) is 5.88 Å². The van der Waals surface area contributed by atoms with Crippen LogP contribution in [0.15, 0.2) is 6.07 Å². The van der Waals surface area contributed by atoms with Gasteiger partial charge in [0.05, 0.1) is 5.02 Å². The molecule has 1 atom stereocenters. The van der Waals surface area contributed by atoms with Crippen LogP contribution in [-0.2, 0) is 0 Å². The molecule has 0 saturated heterocycles. The standard InChI is InChI=1S/C12H18Cl2N2OS/c1-5-7(2)18-12(3,4)17-11-9(14)6-8(13)10(15)16-11/h6-7H,5H2,1-4H3,(H2,15,16). The Labute approximate surface area is 122 Å². The lowest BCUT2D eigenvalue weighted by molar-refractivity contribution is 0.198. The maximum Gasteiger partial charge on any atom is 0.236 e. The third kappa shape index (κ3) is 4.41. The summed E-state index contributed by atoms with van der Waals surface area (Å²) in [5.74, 6) is 0.541. The number of nitrogens with two attached hydrogens (primary N) is 1. The smallest absolute Gasteiger partial charge is 0.236 e. The van der Waals surface area contributed by atoms with Crippen LogP contribution in [0.2, 0.25) is 10.0 Å². The van der Waals surface area contributed by atoms with Crippen molar-refractivity contribution in [2.75, 3.05) is 5.73 Å². The van der Waals surface area contributed by atoms with E-state index in [1.165, 1.54) is 0 Å². The quantitative estimate of drug-likeness (QED) is 0.806. The number of pyridine rings is 1. The van der Waals surface area contributed by atoms with E-state index >= 15 is 0 Å². The van der Waals surface area contributed by atoms with Crippen molar-refractivity contribution in [2.45, 2.75) is 44.3 Å². The summed E-state index contributed by atoms with van der Waals surface area (Å²) < 4.78 is 5.82. The summed E-state index contributed by atoms with van der Waals surface area (Å²) in [6.07, 6.45) is 1.07. The molecule has 0 saturated carbocycles. The summed E-state index contributed by atoms with van der Waals surface area (Å²) in [7, 11) is 0. The summed E-state index contributed by atoms with van der Waals surface area (Å²) in [6, 6.07) is 1.55. The maximum atomic E-state index is 6.04. The fourth-order valence-electron chi connectivity index (χ4n) is 1.36. The largest absolute Gasteiger partial charge is 0.459 e. The predicted octanol–water partition coefficient (Wildman–Crippen LogP) is 4.62. The topological polar surface area (TPSA) is 48.1 Å². The number of hydrogen-bond donors (Lipinski definition) is 1. The van der Waals surface area contributed by atoms with E-state index in [-0.39, 0.29) is 5.82 Å². The highest BCUT2D eigenvalue weighted by Crippen LogP contribution is 2.36. The van der Waals surface area contributed by atoms with Gasteiger partial charge < -0.3 is 10.5 Å². The summed E-state index contributed by atoms with van der Waals surface area (Å²) in [6.45, 7) is 8.25. The number of nitrogens with zero attached hydrogens (tertiary/aromatic N) is 1. The second-order valence-electron chi connectivity index (χ2n) is 4.48. The second-order valence-corrected chi connectivity index (χ2v) is 7.32. The van der Waals surface area contributed by atoms with Gasteiger partial charge in [0.15, 0.2) is 4.93 Å². The third-order valence-electron chi connectivity index (χ3n) is 2.33. The Hall–Kier alpha value is -0.320. The first-order valence-corrected chi connectivity index (χ1v) is 7.37. The van der Waals surface area contributed by atoms with Gasteiger partial charge in [-0.25, -0.2) is 0 Å². The first-order chi connectivity index (χ1) is 8.25. The van der Waals surface area contributed by atoms with Crippen LogP contribution in [0.5, 0.6) is 5.88 Å². The summed E-state index contributed by atoms with van der Waals surface area (Å²) >= 11 is 13.6. The van der Waals surface area contributed by atoms with Crippen molar-refractivity contribution in [3.05, 3.63) is 16.1 Å². The molecule has 1 unspecified atom stereocenters. The van der Waals surface area contributed by atoms with Gasteiger partial charge in [-0.3, -0.25) is 0 Å². The summed E-state index contributed by atoms with van der Waals surface area (Å²) in [5, 5.41) is 1.19. The third-order valence-corrected chi connectivity index (χ3v) is 4.29. The fourth-order valence-corrected chi connectivity index (χ4v) is 3.02. The summed E-state index contributed by atoms with van der Waals surface area (Å²) in [5.41, 5.74) is 5.65. The SMILES string of the molecule is CCC(C)SC(C)(C)Oc1nc(N)c(Cl)cc1Cl. The molecule has 0 spiro atoms. The minimum Gasteiger partial charge on any atom is -0.459 e. The number of aromatic nitrogens is 1. The Balaban J connectivity index is 2.86. The Bertz CT molecular complexity index is 427. The highest BCUT2D eigenvalue weighted by molar-refractivity contribution is 8.01. The van der Waals surface area contributed by atoms with Crippen LogP contribution in [0.25, 0.3) is 0 Å². The van der Waals surface area contributed by atoms with Crippen molar-refractivity contribution in [1.29, 1.82) is 0 Å². The lowest BCUT2D eigenvalue weighted by Gasteiger charge is -2.28. The number of nitrogen functional groups attached to an aromatic ring is 1. The Morgan fingerprint density at radius 3 is 2.61 bits per heavy atom. The van der Waals surface area contributed by atoms with E-state index in [0.717, 1.165) is 6.42 Å². The van der Waals surface area contributed by atoms with Crippen LogP contribution in [0.3, 0.4) is 0 Å². The van der Waals surface area contributed by atoms with Gasteiger partial charge in [0, 0.05) is 5.25 Å². The van der Waals surface area contributed by atoms with Crippen LogP contribution >= 0.6 is 35.0 Å². The van der Waals surface area contributed by atoms with Crippen molar-refractivity contribution < 1.29 is 4.74 Å². The van der Waals surface area contributed by atoms with Gasteiger partial charge in [0.25, 0.3) is 0 Å². The zero-order valence-corrected chi connectivity index (χ0v) is 13.3. The molecule has 102 valence electrons. The first kappa shape index (κ1) is 15.7. The van der Waals surface area contributed by atoms with E-state index in [2.05, 4.69) is 18.8 Å². The van der Waals surface area contributed by atoms with E-state index in [4.69, 9.17) is 33.7 Å². The summed E-state index contributed by atoms with van der Waals surface area (Å²) in [4.78, 5) is 3.64. The van der Waals surface area contributed by atoms with E-state index in [9.17, 15) is 0 Å².